The lowest BCUT2D eigenvalue weighted by atomic mass is 10.1. The standard InChI is InChI=1S/C17H15N3O2/c1-12-3-5-14(6-4-12)17-11-16(18-19(17)2)13-7-9-15(10-8-13)20(21)22/h3-11H,1-2H3. The molecule has 3 aromatic rings. The molecule has 0 saturated carbocycles. The number of aromatic nitrogens is 2. The van der Waals surface area contributed by atoms with Gasteiger partial charge in [-0.05, 0) is 30.7 Å². The minimum absolute atomic E-state index is 0.0819. The topological polar surface area (TPSA) is 61.0 Å². The monoisotopic (exact) mass is 293 g/mol. The highest BCUT2D eigenvalue weighted by molar-refractivity contribution is 5.69. The summed E-state index contributed by atoms with van der Waals surface area (Å²) in [4.78, 5) is 10.3. The Bertz CT molecular complexity index is 818. The maximum atomic E-state index is 10.7. The van der Waals surface area contributed by atoms with Gasteiger partial charge in [-0.2, -0.15) is 5.10 Å². The summed E-state index contributed by atoms with van der Waals surface area (Å²) in [6, 6.07) is 16.7. The summed E-state index contributed by atoms with van der Waals surface area (Å²) < 4.78 is 1.82. The molecule has 0 spiro atoms. The van der Waals surface area contributed by atoms with Crippen molar-refractivity contribution in [1.82, 2.24) is 9.78 Å². The molecule has 0 aliphatic rings. The van der Waals surface area contributed by atoms with Crippen molar-refractivity contribution in [3.8, 4) is 22.5 Å². The van der Waals surface area contributed by atoms with Gasteiger partial charge in [-0.25, -0.2) is 0 Å². The number of nitrogens with zero attached hydrogens (tertiary/aromatic N) is 3. The molecule has 0 N–H and O–H groups in total. The van der Waals surface area contributed by atoms with Gasteiger partial charge < -0.3 is 0 Å². The van der Waals surface area contributed by atoms with E-state index in [-0.39, 0.29) is 5.69 Å². The van der Waals surface area contributed by atoms with Crippen LogP contribution in [0.3, 0.4) is 0 Å². The predicted molar refractivity (Wildman–Crippen MR) is 85.5 cm³/mol. The molecular formula is C17H15N3O2. The molecule has 1 aromatic heterocycles. The molecular weight excluding hydrogens is 278 g/mol. The van der Waals surface area contributed by atoms with E-state index in [9.17, 15) is 10.1 Å². The second-order valence-corrected chi connectivity index (χ2v) is 5.21. The quantitative estimate of drug-likeness (QED) is 0.542. The number of aryl methyl sites for hydroxylation is 2. The van der Waals surface area contributed by atoms with Gasteiger partial charge in [-0.3, -0.25) is 14.8 Å². The van der Waals surface area contributed by atoms with Crippen LogP contribution in [-0.4, -0.2) is 14.7 Å². The van der Waals surface area contributed by atoms with Gasteiger partial charge in [0.25, 0.3) is 5.69 Å². The van der Waals surface area contributed by atoms with Crippen molar-refractivity contribution in [3.05, 3.63) is 70.3 Å². The third kappa shape index (κ3) is 2.61. The third-order valence-corrected chi connectivity index (χ3v) is 3.60. The molecule has 0 amide bonds. The van der Waals surface area contributed by atoms with Crippen molar-refractivity contribution in [2.75, 3.05) is 0 Å². The van der Waals surface area contributed by atoms with Crippen LogP contribution >= 0.6 is 0 Å². The lowest BCUT2D eigenvalue weighted by Crippen LogP contribution is -1.93. The highest BCUT2D eigenvalue weighted by Gasteiger charge is 2.11. The lowest BCUT2D eigenvalue weighted by molar-refractivity contribution is -0.384. The Morgan fingerprint density at radius 1 is 1.00 bits per heavy atom. The second kappa shape index (κ2) is 5.44. The summed E-state index contributed by atoms with van der Waals surface area (Å²) >= 11 is 0. The Kier molecular flexibility index (Phi) is 3.47. The summed E-state index contributed by atoms with van der Waals surface area (Å²) in [7, 11) is 1.89. The van der Waals surface area contributed by atoms with E-state index < -0.39 is 4.92 Å². The Labute approximate surface area is 128 Å². The fourth-order valence-electron chi connectivity index (χ4n) is 2.36. The van der Waals surface area contributed by atoms with E-state index in [0.29, 0.717) is 0 Å². The molecule has 1 heterocycles. The molecule has 0 radical (unpaired) electrons. The number of benzene rings is 2. The molecule has 3 rings (SSSR count). The van der Waals surface area contributed by atoms with Crippen molar-refractivity contribution in [1.29, 1.82) is 0 Å². The van der Waals surface area contributed by atoms with Crippen LogP contribution in [0.25, 0.3) is 22.5 Å². The van der Waals surface area contributed by atoms with Gasteiger partial charge in [0.15, 0.2) is 0 Å². The molecule has 0 atom stereocenters. The summed E-state index contributed by atoms with van der Waals surface area (Å²) in [6.07, 6.45) is 0. The van der Waals surface area contributed by atoms with Crippen molar-refractivity contribution < 1.29 is 4.92 Å². The SMILES string of the molecule is Cc1ccc(-c2cc(-c3ccc([N+](=O)[O-])cc3)nn2C)cc1. The highest BCUT2D eigenvalue weighted by Crippen LogP contribution is 2.27. The molecule has 110 valence electrons. The van der Waals surface area contributed by atoms with Gasteiger partial charge in [0.05, 0.1) is 16.3 Å². The van der Waals surface area contributed by atoms with Crippen LogP contribution in [0.4, 0.5) is 5.69 Å². The lowest BCUT2D eigenvalue weighted by Gasteiger charge is -2.01. The molecule has 2 aromatic carbocycles. The van der Waals surface area contributed by atoms with Crippen molar-refractivity contribution in [2.45, 2.75) is 6.92 Å². The van der Waals surface area contributed by atoms with E-state index >= 15 is 0 Å². The minimum Gasteiger partial charge on any atom is -0.267 e. The average Bonchev–Trinajstić information content (AvgIpc) is 2.90. The van der Waals surface area contributed by atoms with E-state index in [1.807, 2.05) is 17.8 Å². The molecule has 0 unspecified atom stereocenters. The Morgan fingerprint density at radius 2 is 1.59 bits per heavy atom. The molecule has 0 fully saturated rings. The first-order valence-electron chi connectivity index (χ1n) is 6.90. The van der Waals surface area contributed by atoms with Crippen LogP contribution in [0.5, 0.6) is 0 Å². The molecule has 0 aliphatic heterocycles. The fraction of sp³-hybridized carbons (Fsp3) is 0.118. The molecule has 0 bridgehead atoms. The number of rotatable bonds is 3. The van der Waals surface area contributed by atoms with Crippen molar-refractivity contribution in [3.63, 3.8) is 0 Å². The zero-order valence-corrected chi connectivity index (χ0v) is 12.4. The maximum Gasteiger partial charge on any atom is 0.269 e. The van der Waals surface area contributed by atoms with E-state index in [1.54, 1.807) is 12.1 Å². The number of hydrogen-bond acceptors (Lipinski definition) is 3. The normalized spacial score (nSPS) is 10.6. The average molecular weight is 293 g/mol. The van der Waals surface area contributed by atoms with Gasteiger partial charge in [0, 0.05) is 24.7 Å². The molecule has 5 heteroatoms. The molecule has 5 nitrogen and oxygen atoms in total. The van der Waals surface area contributed by atoms with Crippen LogP contribution < -0.4 is 0 Å². The maximum absolute atomic E-state index is 10.7. The number of hydrogen-bond donors (Lipinski definition) is 0. The van der Waals surface area contributed by atoms with E-state index in [0.717, 1.165) is 22.5 Å². The summed E-state index contributed by atoms with van der Waals surface area (Å²) in [5.41, 5.74) is 5.05. The predicted octanol–water partition coefficient (Wildman–Crippen LogP) is 3.97. The first-order valence-corrected chi connectivity index (χ1v) is 6.90. The van der Waals surface area contributed by atoms with Crippen LogP contribution in [0.1, 0.15) is 5.56 Å². The first kappa shape index (κ1) is 14.0. The number of nitro benzene ring substituents is 1. The molecule has 22 heavy (non-hydrogen) atoms. The number of nitro groups is 1. The van der Waals surface area contributed by atoms with Crippen molar-refractivity contribution in [2.24, 2.45) is 7.05 Å². The molecule has 0 aliphatic carbocycles. The fourth-order valence-corrected chi connectivity index (χ4v) is 2.36. The highest BCUT2D eigenvalue weighted by atomic mass is 16.6. The van der Waals surface area contributed by atoms with Crippen molar-refractivity contribution >= 4 is 5.69 Å². The summed E-state index contributed by atoms with van der Waals surface area (Å²) in [6.45, 7) is 2.05. The second-order valence-electron chi connectivity index (χ2n) is 5.21. The largest absolute Gasteiger partial charge is 0.269 e. The minimum atomic E-state index is -0.403. The zero-order chi connectivity index (χ0) is 15.7. The smallest absolute Gasteiger partial charge is 0.267 e. The Balaban J connectivity index is 1.98. The van der Waals surface area contributed by atoms with Gasteiger partial charge >= 0.3 is 0 Å². The number of non-ortho nitro benzene ring substituents is 1. The van der Waals surface area contributed by atoms with Crippen LogP contribution in [0.15, 0.2) is 54.6 Å². The summed E-state index contributed by atoms with van der Waals surface area (Å²) in [5.74, 6) is 0. The Hall–Kier alpha value is -2.95. The van der Waals surface area contributed by atoms with Crippen LogP contribution in [0, 0.1) is 17.0 Å². The van der Waals surface area contributed by atoms with E-state index in [1.165, 1.54) is 17.7 Å². The zero-order valence-electron chi connectivity index (χ0n) is 12.4. The third-order valence-electron chi connectivity index (χ3n) is 3.60. The van der Waals surface area contributed by atoms with Crippen LogP contribution in [0.2, 0.25) is 0 Å². The summed E-state index contributed by atoms with van der Waals surface area (Å²) in [5, 5.41) is 15.2. The van der Waals surface area contributed by atoms with E-state index in [2.05, 4.69) is 36.3 Å². The van der Waals surface area contributed by atoms with Gasteiger partial charge in [0.2, 0.25) is 0 Å². The Morgan fingerprint density at radius 3 is 2.18 bits per heavy atom. The van der Waals surface area contributed by atoms with Gasteiger partial charge in [0.1, 0.15) is 0 Å². The van der Waals surface area contributed by atoms with Gasteiger partial charge in [-0.15, -0.1) is 0 Å². The van der Waals surface area contributed by atoms with Gasteiger partial charge in [-0.1, -0.05) is 29.8 Å². The van der Waals surface area contributed by atoms with E-state index in [4.69, 9.17) is 0 Å². The van der Waals surface area contributed by atoms with Crippen LogP contribution in [-0.2, 0) is 7.05 Å². The first-order chi connectivity index (χ1) is 10.5. The molecule has 0 saturated heterocycles.